The summed E-state index contributed by atoms with van der Waals surface area (Å²) in [4.78, 5) is 13.2. The van der Waals surface area contributed by atoms with Crippen molar-refractivity contribution in [2.45, 2.75) is 31.7 Å². The quantitative estimate of drug-likeness (QED) is 0.848. The van der Waals surface area contributed by atoms with Crippen LogP contribution in [0.4, 0.5) is 0 Å². The zero-order valence-corrected chi connectivity index (χ0v) is 12.4. The molecule has 0 fully saturated rings. The molecule has 2 atom stereocenters. The van der Waals surface area contributed by atoms with Gasteiger partial charge in [0.2, 0.25) is 0 Å². The van der Waals surface area contributed by atoms with Crippen molar-refractivity contribution in [2.24, 2.45) is 0 Å². The van der Waals surface area contributed by atoms with E-state index in [9.17, 15) is 4.79 Å². The van der Waals surface area contributed by atoms with Crippen molar-refractivity contribution in [1.29, 1.82) is 0 Å². The van der Waals surface area contributed by atoms with Gasteiger partial charge in [-0.2, -0.15) is 0 Å². The number of thiophene rings is 1. The second kappa shape index (κ2) is 6.26. The van der Waals surface area contributed by atoms with E-state index in [1.165, 1.54) is 4.88 Å². The van der Waals surface area contributed by atoms with Crippen molar-refractivity contribution in [3.63, 3.8) is 0 Å². The molecule has 2 aromatic rings. The average Bonchev–Trinajstić information content (AvgIpc) is 2.98. The molecule has 0 aliphatic carbocycles. The zero-order valence-electron chi connectivity index (χ0n) is 10.9. The topological polar surface area (TPSA) is 42.2 Å². The lowest BCUT2D eigenvalue weighted by Gasteiger charge is -2.11. The van der Waals surface area contributed by atoms with Gasteiger partial charge in [-0.05, 0) is 37.4 Å². The fourth-order valence-electron chi connectivity index (χ4n) is 1.77. The minimum atomic E-state index is -0.231. The first-order chi connectivity index (χ1) is 9.06. The summed E-state index contributed by atoms with van der Waals surface area (Å²) in [5.41, 5.74) is 0. The maximum Gasteiger partial charge on any atom is 0.287 e. The highest BCUT2D eigenvalue weighted by molar-refractivity contribution is 7.09. The Balaban J connectivity index is 1.92. The van der Waals surface area contributed by atoms with Crippen LogP contribution in [-0.2, 0) is 6.42 Å². The second-order valence-corrected chi connectivity index (χ2v) is 6.16. The van der Waals surface area contributed by atoms with E-state index in [0.717, 1.165) is 6.42 Å². The van der Waals surface area contributed by atoms with Gasteiger partial charge in [-0.1, -0.05) is 6.07 Å². The Bertz CT molecular complexity index is 533. The van der Waals surface area contributed by atoms with Crippen LogP contribution in [0.5, 0.6) is 0 Å². The van der Waals surface area contributed by atoms with Crippen LogP contribution >= 0.6 is 22.9 Å². The predicted octanol–water partition coefficient (Wildman–Crippen LogP) is 4.00. The molecule has 0 bridgehead atoms. The van der Waals surface area contributed by atoms with Gasteiger partial charge in [-0.15, -0.1) is 22.9 Å². The van der Waals surface area contributed by atoms with Crippen molar-refractivity contribution >= 4 is 28.8 Å². The van der Waals surface area contributed by atoms with Crippen LogP contribution in [0, 0.1) is 0 Å². The van der Waals surface area contributed by atoms with E-state index in [1.54, 1.807) is 23.5 Å². The standard InChI is InChI=1S/C14H16ClNO2S/c1-9(8-11-4-3-7-19-11)16-14(17)13-6-5-12(18-13)10(2)15/h3-7,9-10H,8H2,1-2H3,(H,16,17). The molecule has 19 heavy (non-hydrogen) atoms. The predicted molar refractivity (Wildman–Crippen MR) is 77.9 cm³/mol. The molecule has 2 heterocycles. The summed E-state index contributed by atoms with van der Waals surface area (Å²) in [6, 6.07) is 7.52. The van der Waals surface area contributed by atoms with Gasteiger partial charge >= 0.3 is 0 Å². The summed E-state index contributed by atoms with van der Waals surface area (Å²) in [7, 11) is 0. The smallest absolute Gasteiger partial charge is 0.287 e. The summed E-state index contributed by atoms with van der Waals surface area (Å²) in [6.45, 7) is 3.78. The van der Waals surface area contributed by atoms with E-state index in [0.29, 0.717) is 11.5 Å². The van der Waals surface area contributed by atoms with Gasteiger partial charge in [-0.25, -0.2) is 0 Å². The molecule has 0 saturated heterocycles. The summed E-state index contributed by atoms with van der Waals surface area (Å²) >= 11 is 7.59. The number of amides is 1. The Morgan fingerprint density at radius 3 is 2.79 bits per heavy atom. The Hall–Kier alpha value is -1.26. The van der Waals surface area contributed by atoms with Gasteiger partial charge in [-0.3, -0.25) is 4.79 Å². The van der Waals surface area contributed by atoms with Crippen molar-refractivity contribution in [1.82, 2.24) is 5.32 Å². The van der Waals surface area contributed by atoms with Gasteiger partial charge in [0.15, 0.2) is 5.76 Å². The maximum absolute atomic E-state index is 12.0. The largest absolute Gasteiger partial charge is 0.454 e. The molecular weight excluding hydrogens is 282 g/mol. The van der Waals surface area contributed by atoms with Crippen LogP contribution in [0.3, 0.4) is 0 Å². The van der Waals surface area contributed by atoms with Crippen molar-refractivity contribution < 1.29 is 9.21 Å². The monoisotopic (exact) mass is 297 g/mol. The summed E-state index contributed by atoms with van der Waals surface area (Å²) in [5.74, 6) is 0.714. The Morgan fingerprint density at radius 1 is 1.42 bits per heavy atom. The molecule has 5 heteroatoms. The third-order valence-electron chi connectivity index (χ3n) is 2.71. The summed E-state index contributed by atoms with van der Waals surface area (Å²) in [5, 5.41) is 4.72. The van der Waals surface area contributed by atoms with Gasteiger partial charge in [0.25, 0.3) is 5.91 Å². The molecular formula is C14H16ClNO2S. The van der Waals surface area contributed by atoms with E-state index in [-0.39, 0.29) is 17.3 Å². The maximum atomic E-state index is 12.0. The van der Waals surface area contributed by atoms with Gasteiger partial charge in [0.05, 0.1) is 5.38 Å². The summed E-state index contributed by atoms with van der Waals surface area (Å²) in [6.07, 6.45) is 0.822. The van der Waals surface area contributed by atoms with Gasteiger partial charge < -0.3 is 9.73 Å². The van der Waals surface area contributed by atoms with Crippen LogP contribution in [-0.4, -0.2) is 11.9 Å². The van der Waals surface area contributed by atoms with Crippen molar-refractivity contribution in [3.8, 4) is 0 Å². The minimum absolute atomic E-state index is 0.0631. The summed E-state index contributed by atoms with van der Waals surface area (Å²) < 4.78 is 5.40. The molecule has 0 spiro atoms. The highest BCUT2D eigenvalue weighted by atomic mass is 35.5. The number of hydrogen-bond acceptors (Lipinski definition) is 3. The average molecular weight is 298 g/mol. The lowest BCUT2D eigenvalue weighted by Crippen LogP contribution is -2.33. The third kappa shape index (κ3) is 3.85. The first kappa shape index (κ1) is 14.2. The number of rotatable bonds is 5. The lowest BCUT2D eigenvalue weighted by atomic mass is 10.2. The van der Waals surface area contributed by atoms with Crippen LogP contribution in [0.1, 0.15) is 40.4 Å². The number of nitrogens with one attached hydrogen (secondary N) is 1. The van der Waals surface area contributed by atoms with Gasteiger partial charge in [0.1, 0.15) is 5.76 Å². The highest BCUT2D eigenvalue weighted by Gasteiger charge is 2.16. The molecule has 1 amide bonds. The number of furan rings is 1. The number of halogens is 1. The molecule has 1 N–H and O–H groups in total. The van der Waals surface area contributed by atoms with Crippen molar-refractivity contribution in [3.05, 3.63) is 46.0 Å². The normalized spacial score (nSPS) is 14.1. The molecule has 3 nitrogen and oxygen atoms in total. The minimum Gasteiger partial charge on any atom is -0.454 e. The molecule has 0 aliphatic heterocycles. The molecule has 2 aromatic heterocycles. The van der Waals surface area contributed by atoms with Gasteiger partial charge in [0, 0.05) is 17.3 Å². The van der Waals surface area contributed by atoms with Crippen LogP contribution in [0.15, 0.2) is 34.1 Å². The lowest BCUT2D eigenvalue weighted by molar-refractivity contribution is 0.0910. The van der Waals surface area contributed by atoms with E-state index in [1.807, 2.05) is 25.3 Å². The molecule has 2 rings (SSSR count). The SMILES string of the molecule is CC(Cc1cccs1)NC(=O)c1ccc(C(C)Cl)o1. The zero-order chi connectivity index (χ0) is 13.8. The van der Waals surface area contributed by atoms with Crippen LogP contribution in [0.2, 0.25) is 0 Å². The Morgan fingerprint density at radius 2 is 2.21 bits per heavy atom. The molecule has 0 saturated carbocycles. The Labute approximate surface area is 121 Å². The van der Waals surface area contributed by atoms with E-state index in [4.69, 9.17) is 16.0 Å². The molecule has 2 unspecified atom stereocenters. The van der Waals surface area contributed by atoms with E-state index < -0.39 is 0 Å². The van der Waals surface area contributed by atoms with Crippen LogP contribution < -0.4 is 5.32 Å². The van der Waals surface area contributed by atoms with E-state index >= 15 is 0 Å². The number of alkyl halides is 1. The third-order valence-corrected chi connectivity index (χ3v) is 3.82. The van der Waals surface area contributed by atoms with Crippen molar-refractivity contribution in [2.75, 3.05) is 0 Å². The fourth-order valence-corrected chi connectivity index (χ4v) is 2.72. The fraction of sp³-hybridized carbons (Fsp3) is 0.357. The first-order valence-corrected chi connectivity index (χ1v) is 7.45. The molecule has 102 valence electrons. The molecule has 0 radical (unpaired) electrons. The first-order valence-electron chi connectivity index (χ1n) is 6.13. The van der Waals surface area contributed by atoms with E-state index in [2.05, 4.69) is 11.4 Å². The number of carbonyl (C=O) groups is 1. The Kier molecular flexibility index (Phi) is 4.66. The number of carbonyl (C=O) groups excluding carboxylic acids is 1. The molecule has 0 aromatic carbocycles. The molecule has 0 aliphatic rings. The van der Waals surface area contributed by atoms with Crippen LogP contribution in [0.25, 0.3) is 0 Å². The second-order valence-electron chi connectivity index (χ2n) is 4.48. The number of hydrogen-bond donors (Lipinski definition) is 1. The highest BCUT2D eigenvalue weighted by Crippen LogP contribution is 2.21.